The standard InChI is InChI=1S/C44H29N3/c1-2-10-32(11-3-1)45-29-28-39-40(45)27-26-38-37-14-6-9-17-43(37)47(44(38)39)34-24-20-31(21-25-34)30-18-22-33(23-19-30)46-41-15-7-4-12-35(41)36-13-5-8-16-42(36)46/h1-29H. The summed E-state index contributed by atoms with van der Waals surface area (Å²) in [4.78, 5) is 0. The third-order valence-corrected chi connectivity index (χ3v) is 9.70. The van der Waals surface area contributed by atoms with E-state index in [1.54, 1.807) is 0 Å². The molecule has 3 nitrogen and oxygen atoms in total. The fraction of sp³-hybridized carbons (Fsp3) is 0. The Bertz CT molecular complexity index is 2700. The SMILES string of the molecule is c1ccc(-n2ccc3c2ccc2c4ccccc4n(-c4ccc(-c5ccc(-n6c7ccccc7c7ccccc76)cc5)cc4)c23)cc1. The van der Waals surface area contributed by atoms with Gasteiger partial charge >= 0.3 is 0 Å². The van der Waals surface area contributed by atoms with E-state index in [0.717, 1.165) is 11.4 Å². The number of rotatable bonds is 4. The summed E-state index contributed by atoms with van der Waals surface area (Å²) in [6, 6.07) is 61.4. The topological polar surface area (TPSA) is 14.8 Å². The minimum absolute atomic E-state index is 1.15. The molecule has 0 spiro atoms. The van der Waals surface area contributed by atoms with Crippen LogP contribution in [-0.4, -0.2) is 13.7 Å². The largest absolute Gasteiger partial charge is 0.316 e. The number of fused-ring (bicyclic) bond motifs is 8. The van der Waals surface area contributed by atoms with Gasteiger partial charge in [-0.25, -0.2) is 0 Å². The van der Waals surface area contributed by atoms with Crippen molar-refractivity contribution >= 4 is 54.5 Å². The fourth-order valence-corrected chi connectivity index (χ4v) is 7.56. The molecule has 0 aliphatic heterocycles. The monoisotopic (exact) mass is 599 g/mol. The Morgan fingerprint density at radius 1 is 0.277 bits per heavy atom. The van der Waals surface area contributed by atoms with Crippen LogP contribution < -0.4 is 0 Å². The molecule has 220 valence electrons. The molecule has 3 heterocycles. The van der Waals surface area contributed by atoms with Crippen LogP contribution in [0.2, 0.25) is 0 Å². The highest BCUT2D eigenvalue weighted by Crippen LogP contribution is 2.38. The Kier molecular flexibility index (Phi) is 5.57. The van der Waals surface area contributed by atoms with E-state index in [0.29, 0.717) is 0 Å². The first-order chi connectivity index (χ1) is 23.3. The molecule has 0 atom stereocenters. The number of benzene rings is 7. The van der Waals surface area contributed by atoms with Gasteiger partial charge in [0.15, 0.2) is 0 Å². The van der Waals surface area contributed by atoms with Crippen LogP contribution in [0, 0.1) is 0 Å². The quantitative estimate of drug-likeness (QED) is 0.191. The first-order valence-corrected chi connectivity index (χ1v) is 16.1. The summed E-state index contributed by atoms with van der Waals surface area (Å²) in [6.45, 7) is 0. The lowest BCUT2D eigenvalue weighted by atomic mass is 10.0. The smallest absolute Gasteiger partial charge is 0.0635 e. The zero-order chi connectivity index (χ0) is 30.9. The van der Waals surface area contributed by atoms with Crippen molar-refractivity contribution in [3.63, 3.8) is 0 Å². The number of nitrogens with zero attached hydrogens (tertiary/aromatic N) is 3. The zero-order valence-electron chi connectivity index (χ0n) is 25.6. The van der Waals surface area contributed by atoms with Crippen molar-refractivity contribution in [3.05, 3.63) is 176 Å². The van der Waals surface area contributed by atoms with Gasteiger partial charge in [-0.3, -0.25) is 0 Å². The van der Waals surface area contributed by atoms with E-state index < -0.39 is 0 Å². The van der Waals surface area contributed by atoms with Gasteiger partial charge in [0.25, 0.3) is 0 Å². The van der Waals surface area contributed by atoms with E-state index in [2.05, 4.69) is 190 Å². The molecule has 3 heteroatoms. The van der Waals surface area contributed by atoms with Gasteiger partial charge in [0.05, 0.1) is 27.6 Å². The summed E-state index contributed by atoms with van der Waals surface area (Å²) in [6.07, 6.45) is 2.19. The van der Waals surface area contributed by atoms with E-state index in [1.165, 1.54) is 71.3 Å². The van der Waals surface area contributed by atoms with Gasteiger partial charge in [-0.15, -0.1) is 0 Å². The predicted octanol–water partition coefficient (Wildman–Crippen LogP) is 11.5. The molecule has 47 heavy (non-hydrogen) atoms. The third-order valence-electron chi connectivity index (χ3n) is 9.70. The number of aromatic nitrogens is 3. The minimum atomic E-state index is 1.15. The predicted molar refractivity (Wildman–Crippen MR) is 197 cm³/mol. The molecule has 0 unspecified atom stereocenters. The van der Waals surface area contributed by atoms with Gasteiger partial charge < -0.3 is 13.7 Å². The molecule has 0 aliphatic rings. The van der Waals surface area contributed by atoms with Crippen molar-refractivity contribution in [2.24, 2.45) is 0 Å². The van der Waals surface area contributed by atoms with Gasteiger partial charge in [-0.05, 0) is 77.9 Å². The second kappa shape index (κ2) is 10.1. The molecule has 0 amide bonds. The number of hydrogen-bond acceptors (Lipinski definition) is 0. The van der Waals surface area contributed by atoms with Crippen molar-refractivity contribution in [1.82, 2.24) is 13.7 Å². The van der Waals surface area contributed by atoms with Crippen molar-refractivity contribution < 1.29 is 0 Å². The minimum Gasteiger partial charge on any atom is -0.316 e. The van der Waals surface area contributed by atoms with Gasteiger partial charge in [0.2, 0.25) is 0 Å². The average Bonchev–Trinajstić information content (AvgIpc) is 3.83. The van der Waals surface area contributed by atoms with E-state index in [9.17, 15) is 0 Å². The van der Waals surface area contributed by atoms with Crippen LogP contribution in [0.4, 0.5) is 0 Å². The maximum absolute atomic E-state index is 2.43. The van der Waals surface area contributed by atoms with Crippen molar-refractivity contribution in [2.45, 2.75) is 0 Å². The number of para-hydroxylation sites is 4. The first-order valence-electron chi connectivity index (χ1n) is 16.1. The Balaban J connectivity index is 1.08. The molecule has 0 saturated carbocycles. The van der Waals surface area contributed by atoms with E-state index in [1.807, 2.05) is 0 Å². The van der Waals surface area contributed by atoms with Gasteiger partial charge in [-0.1, -0.05) is 103 Å². The Hall–Kier alpha value is -6.32. The molecule has 0 radical (unpaired) electrons. The third kappa shape index (κ3) is 3.87. The summed E-state index contributed by atoms with van der Waals surface area (Å²) >= 11 is 0. The zero-order valence-corrected chi connectivity index (χ0v) is 25.6. The molecular formula is C44H29N3. The Labute approximate surface area is 271 Å². The summed E-state index contributed by atoms with van der Waals surface area (Å²) in [5, 5.41) is 6.33. The van der Waals surface area contributed by atoms with Crippen LogP contribution in [0.15, 0.2) is 176 Å². The van der Waals surface area contributed by atoms with Crippen LogP contribution in [0.1, 0.15) is 0 Å². The normalized spacial score (nSPS) is 11.8. The lowest BCUT2D eigenvalue weighted by Gasteiger charge is -2.12. The molecule has 0 fully saturated rings. The average molecular weight is 600 g/mol. The van der Waals surface area contributed by atoms with Crippen LogP contribution in [0.5, 0.6) is 0 Å². The molecule has 7 aromatic carbocycles. The second-order valence-corrected chi connectivity index (χ2v) is 12.2. The first kappa shape index (κ1) is 26.0. The van der Waals surface area contributed by atoms with Gasteiger partial charge in [-0.2, -0.15) is 0 Å². The van der Waals surface area contributed by atoms with Crippen LogP contribution >= 0.6 is 0 Å². The van der Waals surface area contributed by atoms with Crippen LogP contribution in [0.3, 0.4) is 0 Å². The van der Waals surface area contributed by atoms with Crippen molar-refractivity contribution in [2.75, 3.05) is 0 Å². The molecule has 10 rings (SSSR count). The van der Waals surface area contributed by atoms with Crippen LogP contribution in [-0.2, 0) is 0 Å². The van der Waals surface area contributed by atoms with E-state index in [4.69, 9.17) is 0 Å². The molecule has 10 aromatic rings. The molecule has 0 N–H and O–H groups in total. The molecule has 0 saturated heterocycles. The second-order valence-electron chi connectivity index (χ2n) is 12.2. The summed E-state index contributed by atoms with van der Waals surface area (Å²) in [5.74, 6) is 0. The van der Waals surface area contributed by atoms with Gasteiger partial charge in [0, 0.05) is 50.2 Å². The molecule has 0 aliphatic carbocycles. The lowest BCUT2D eigenvalue weighted by Crippen LogP contribution is -1.95. The van der Waals surface area contributed by atoms with Crippen molar-refractivity contribution in [3.8, 4) is 28.2 Å². The highest BCUT2D eigenvalue weighted by Gasteiger charge is 2.17. The lowest BCUT2D eigenvalue weighted by molar-refractivity contribution is 1.13. The van der Waals surface area contributed by atoms with Crippen molar-refractivity contribution in [1.29, 1.82) is 0 Å². The summed E-state index contributed by atoms with van der Waals surface area (Å²) in [7, 11) is 0. The summed E-state index contributed by atoms with van der Waals surface area (Å²) < 4.78 is 7.08. The number of hydrogen-bond donors (Lipinski definition) is 0. The highest BCUT2D eigenvalue weighted by atomic mass is 15.0. The van der Waals surface area contributed by atoms with E-state index >= 15 is 0 Å². The Morgan fingerprint density at radius 2 is 0.766 bits per heavy atom. The fourth-order valence-electron chi connectivity index (χ4n) is 7.56. The maximum atomic E-state index is 2.43. The summed E-state index contributed by atoms with van der Waals surface area (Å²) in [5.41, 5.74) is 12.0. The molecule has 0 bridgehead atoms. The van der Waals surface area contributed by atoms with E-state index in [-0.39, 0.29) is 0 Å². The molecule has 3 aromatic heterocycles. The Morgan fingerprint density at radius 3 is 1.36 bits per heavy atom. The highest BCUT2D eigenvalue weighted by molar-refractivity contribution is 6.18. The van der Waals surface area contributed by atoms with Gasteiger partial charge in [0.1, 0.15) is 0 Å². The molecular weight excluding hydrogens is 571 g/mol. The maximum Gasteiger partial charge on any atom is 0.0635 e. The van der Waals surface area contributed by atoms with Crippen LogP contribution in [0.25, 0.3) is 82.7 Å².